The molecule has 0 aliphatic rings. The largest absolute Gasteiger partial charge is 0.339 e. The third-order valence-electron chi connectivity index (χ3n) is 3.88. The van der Waals surface area contributed by atoms with Crippen LogP contribution in [0, 0.1) is 0 Å². The second-order valence-corrected chi connectivity index (χ2v) is 6.01. The highest BCUT2D eigenvalue weighted by molar-refractivity contribution is 5.78. The van der Waals surface area contributed by atoms with E-state index >= 15 is 0 Å². The van der Waals surface area contributed by atoms with E-state index in [1.807, 2.05) is 41.3 Å². The van der Waals surface area contributed by atoms with Gasteiger partial charge in [0, 0.05) is 19.1 Å². The Balaban J connectivity index is 1.81. The van der Waals surface area contributed by atoms with Crippen LogP contribution >= 0.6 is 0 Å². The number of nitrogens with zero attached hydrogens (tertiary/aromatic N) is 1. The van der Waals surface area contributed by atoms with Crippen LogP contribution < -0.4 is 5.32 Å². The SMILES string of the molecule is CC(C)N(CCc1ccccc1)C(=O)CNCc1ccccc1. The minimum atomic E-state index is 0.159. The van der Waals surface area contributed by atoms with E-state index in [-0.39, 0.29) is 11.9 Å². The smallest absolute Gasteiger partial charge is 0.236 e. The molecule has 2 aromatic carbocycles. The molecule has 0 aliphatic carbocycles. The summed E-state index contributed by atoms with van der Waals surface area (Å²) in [4.78, 5) is 14.4. The Morgan fingerprint density at radius 2 is 1.52 bits per heavy atom. The van der Waals surface area contributed by atoms with E-state index in [1.165, 1.54) is 11.1 Å². The van der Waals surface area contributed by atoms with Crippen molar-refractivity contribution >= 4 is 5.91 Å². The Hall–Kier alpha value is -2.13. The molecule has 0 bridgehead atoms. The lowest BCUT2D eigenvalue weighted by Gasteiger charge is -2.27. The van der Waals surface area contributed by atoms with Crippen molar-refractivity contribution < 1.29 is 4.79 Å². The summed E-state index contributed by atoms with van der Waals surface area (Å²) in [6, 6.07) is 20.7. The summed E-state index contributed by atoms with van der Waals surface area (Å²) in [5, 5.41) is 3.24. The van der Waals surface area contributed by atoms with E-state index in [0.29, 0.717) is 6.54 Å². The molecule has 1 N–H and O–H groups in total. The van der Waals surface area contributed by atoms with E-state index in [4.69, 9.17) is 0 Å². The normalized spacial score (nSPS) is 10.7. The van der Waals surface area contributed by atoms with E-state index in [2.05, 4.69) is 43.4 Å². The molecule has 3 heteroatoms. The molecule has 0 saturated heterocycles. The predicted molar refractivity (Wildman–Crippen MR) is 95.1 cm³/mol. The van der Waals surface area contributed by atoms with Gasteiger partial charge in [-0.3, -0.25) is 4.79 Å². The Morgan fingerprint density at radius 3 is 2.09 bits per heavy atom. The van der Waals surface area contributed by atoms with Gasteiger partial charge in [-0.25, -0.2) is 0 Å². The summed E-state index contributed by atoms with van der Waals surface area (Å²) in [6.07, 6.45) is 0.892. The average Bonchev–Trinajstić information content (AvgIpc) is 2.56. The lowest BCUT2D eigenvalue weighted by atomic mass is 10.1. The molecule has 2 rings (SSSR count). The maximum absolute atomic E-state index is 12.5. The second-order valence-electron chi connectivity index (χ2n) is 6.01. The van der Waals surface area contributed by atoms with Crippen molar-refractivity contribution in [2.24, 2.45) is 0 Å². The molecule has 0 saturated carbocycles. The fourth-order valence-corrected chi connectivity index (χ4v) is 2.58. The van der Waals surface area contributed by atoms with Gasteiger partial charge in [0.05, 0.1) is 6.54 Å². The van der Waals surface area contributed by atoms with Crippen molar-refractivity contribution in [3.8, 4) is 0 Å². The molecule has 0 radical (unpaired) electrons. The van der Waals surface area contributed by atoms with Gasteiger partial charge in [-0.1, -0.05) is 60.7 Å². The van der Waals surface area contributed by atoms with Gasteiger partial charge in [0.25, 0.3) is 0 Å². The van der Waals surface area contributed by atoms with Crippen LogP contribution in [0.1, 0.15) is 25.0 Å². The zero-order valence-corrected chi connectivity index (χ0v) is 14.0. The van der Waals surface area contributed by atoms with Crippen LogP contribution in [0.25, 0.3) is 0 Å². The van der Waals surface area contributed by atoms with Crippen LogP contribution in [-0.4, -0.2) is 29.9 Å². The standard InChI is InChI=1S/C20H26N2O/c1-17(2)22(14-13-18-9-5-3-6-10-18)20(23)16-21-15-19-11-7-4-8-12-19/h3-12,17,21H,13-16H2,1-2H3. The summed E-state index contributed by atoms with van der Waals surface area (Å²) < 4.78 is 0. The monoisotopic (exact) mass is 310 g/mol. The minimum Gasteiger partial charge on any atom is -0.339 e. The van der Waals surface area contributed by atoms with Crippen molar-refractivity contribution in [2.75, 3.05) is 13.1 Å². The predicted octanol–water partition coefficient (Wildman–Crippen LogP) is 3.26. The van der Waals surface area contributed by atoms with Crippen molar-refractivity contribution in [1.29, 1.82) is 0 Å². The van der Waals surface area contributed by atoms with E-state index in [9.17, 15) is 4.79 Å². The molecule has 0 unspecified atom stereocenters. The summed E-state index contributed by atoms with van der Waals surface area (Å²) in [7, 11) is 0. The zero-order valence-electron chi connectivity index (χ0n) is 14.0. The van der Waals surface area contributed by atoms with Crippen LogP contribution in [0.15, 0.2) is 60.7 Å². The van der Waals surface area contributed by atoms with Gasteiger partial charge in [-0.2, -0.15) is 0 Å². The lowest BCUT2D eigenvalue weighted by molar-refractivity contribution is -0.131. The Labute approximate surface area is 139 Å². The van der Waals surface area contributed by atoms with Gasteiger partial charge in [-0.05, 0) is 31.4 Å². The van der Waals surface area contributed by atoms with Crippen LogP contribution in [0.2, 0.25) is 0 Å². The molecule has 3 nitrogen and oxygen atoms in total. The number of carbonyl (C=O) groups excluding carboxylic acids is 1. The third kappa shape index (κ3) is 5.87. The number of hydrogen-bond acceptors (Lipinski definition) is 2. The quantitative estimate of drug-likeness (QED) is 0.812. The molecule has 0 aliphatic heterocycles. The van der Waals surface area contributed by atoms with Gasteiger partial charge in [0.1, 0.15) is 0 Å². The number of amides is 1. The second kappa shape index (κ2) is 9.11. The Morgan fingerprint density at radius 1 is 0.957 bits per heavy atom. The fourth-order valence-electron chi connectivity index (χ4n) is 2.58. The number of nitrogens with one attached hydrogen (secondary N) is 1. The van der Waals surface area contributed by atoms with Crippen LogP contribution in [0.4, 0.5) is 0 Å². The third-order valence-corrected chi connectivity index (χ3v) is 3.88. The fraction of sp³-hybridized carbons (Fsp3) is 0.350. The molecule has 0 aromatic heterocycles. The van der Waals surface area contributed by atoms with Crippen molar-refractivity contribution in [1.82, 2.24) is 10.2 Å². The Bertz CT molecular complexity index is 581. The first-order chi connectivity index (χ1) is 11.2. The van der Waals surface area contributed by atoms with Crippen LogP contribution in [0.3, 0.4) is 0 Å². The first-order valence-corrected chi connectivity index (χ1v) is 8.25. The molecular formula is C20H26N2O. The topological polar surface area (TPSA) is 32.3 Å². The molecule has 0 atom stereocenters. The minimum absolute atomic E-state index is 0.159. The number of benzene rings is 2. The molecule has 23 heavy (non-hydrogen) atoms. The van der Waals surface area contributed by atoms with Gasteiger partial charge in [-0.15, -0.1) is 0 Å². The van der Waals surface area contributed by atoms with E-state index in [1.54, 1.807) is 0 Å². The number of hydrogen-bond donors (Lipinski definition) is 1. The van der Waals surface area contributed by atoms with Crippen LogP contribution in [-0.2, 0) is 17.8 Å². The van der Waals surface area contributed by atoms with Crippen LogP contribution in [0.5, 0.6) is 0 Å². The summed E-state index contributed by atoms with van der Waals surface area (Å²) >= 11 is 0. The number of rotatable bonds is 8. The summed E-state index contributed by atoms with van der Waals surface area (Å²) in [5.41, 5.74) is 2.46. The van der Waals surface area contributed by atoms with Crippen molar-refractivity contribution in [3.05, 3.63) is 71.8 Å². The molecule has 0 heterocycles. The Kier molecular flexibility index (Phi) is 6.82. The maximum Gasteiger partial charge on any atom is 0.236 e. The van der Waals surface area contributed by atoms with Gasteiger partial charge in [0.2, 0.25) is 5.91 Å². The molecule has 122 valence electrons. The van der Waals surface area contributed by atoms with E-state index in [0.717, 1.165) is 19.5 Å². The molecule has 0 fully saturated rings. The zero-order chi connectivity index (χ0) is 16.5. The molecule has 2 aromatic rings. The van der Waals surface area contributed by atoms with Crippen molar-refractivity contribution in [2.45, 2.75) is 32.9 Å². The highest BCUT2D eigenvalue weighted by Gasteiger charge is 2.16. The number of carbonyl (C=O) groups is 1. The van der Waals surface area contributed by atoms with Gasteiger partial charge >= 0.3 is 0 Å². The maximum atomic E-state index is 12.5. The first-order valence-electron chi connectivity index (χ1n) is 8.25. The van der Waals surface area contributed by atoms with E-state index < -0.39 is 0 Å². The van der Waals surface area contributed by atoms with Gasteiger partial charge in [0.15, 0.2) is 0 Å². The summed E-state index contributed by atoms with van der Waals surface area (Å²) in [5.74, 6) is 0.159. The van der Waals surface area contributed by atoms with Gasteiger partial charge < -0.3 is 10.2 Å². The first kappa shape index (κ1) is 17.2. The highest BCUT2D eigenvalue weighted by atomic mass is 16.2. The molecular weight excluding hydrogens is 284 g/mol. The molecule has 0 spiro atoms. The lowest BCUT2D eigenvalue weighted by Crippen LogP contribution is -2.43. The summed E-state index contributed by atoms with van der Waals surface area (Å²) in [6.45, 7) is 5.99. The molecule has 1 amide bonds. The average molecular weight is 310 g/mol. The van der Waals surface area contributed by atoms with Crippen molar-refractivity contribution in [3.63, 3.8) is 0 Å². The highest BCUT2D eigenvalue weighted by Crippen LogP contribution is 2.05.